The van der Waals surface area contributed by atoms with Gasteiger partial charge in [0.05, 0.1) is 11.6 Å². The highest BCUT2D eigenvalue weighted by Crippen LogP contribution is 2.56. The first-order valence-electron chi connectivity index (χ1n) is 12.2. The standard InChI is InChI=1S/C26H33N7O/c1-17-14-32(24(34)25(3,4)5)18(2)13-31(17)22-21-23(30-16-29-22)33(15-26(21)8-6-9-26)20-11-19(12-27)7-10-28-20/h7,10-11,16-18H,6,8-9,13-15H2,1-5H3/t17?,18-/m0/s1. The molecular weight excluding hydrogens is 426 g/mol. The number of rotatable bonds is 2. The third kappa shape index (κ3) is 3.49. The topological polar surface area (TPSA) is 89.3 Å². The van der Waals surface area contributed by atoms with Crippen LogP contribution in [0.2, 0.25) is 0 Å². The fourth-order valence-corrected chi connectivity index (χ4v) is 5.69. The molecule has 0 radical (unpaired) electrons. The lowest BCUT2D eigenvalue weighted by molar-refractivity contribution is -0.142. The quantitative estimate of drug-likeness (QED) is 0.675. The molecule has 34 heavy (non-hydrogen) atoms. The summed E-state index contributed by atoms with van der Waals surface area (Å²) >= 11 is 0. The zero-order valence-electron chi connectivity index (χ0n) is 20.7. The highest BCUT2D eigenvalue weighted by Gasteiger charge is 2.52. The van der Waals surface area contributed by atoms with Crippen LogP contribution in [0, 0.1) is 16.7 Å². The summed E-state index contributed by atoms with van der Waals surface area (Å²) in [7, 11) is 0. The van der Waals surface area contributed by atoms with E-state index in [2.05, 4.69) is 34.7 Å². The number of amides is 1. The summed E-state index contributed by atoms with van der Waals surface area (Å²) in [5, 5.41) is 9.38. The van der Waals surface area contributed by atoms with Crippen LogP contribution in [0.5, 0.6) is 0 Å². The highest BCUT2D eigenvalue weighted by atomic mass is 16.2. The van der Waals surface area contributed by atoms with Gasteiger partial charge in [0, 0.05) is 54.3 Å². The molecule has 2 aromatic rings. The van der Waals surface area contributed by atoms with Gasteiger partial charge in [0.2, 0.25) is 5.91 Å². The van der Waals surface area contributed by atoms with Crippen molar-refractivity contribution in [1.82, 2.24) is 19.9 Å². The molecule has 178 valence electrons. The molecule has 2 aromatic heterocycles. The highest BCUT2D eigenvalue weighted by molar-refractivity contribution is 5.82. The van der Waals surface area contributed by atoms with Crippen LogP contribution in [0.1, 0.15) is 65.0 Å². The number of carbonyl (C=O) groups excluding carboxylic acids is 1. The van der Waals surface area contributed by atoms with Crippen molar-refractivity contribution in [2.24, 2.45) is 5.41 Å². The van der Waals surface area contributed by atoms with Gasteiger partial charge in [-0.1, -0.05) is 27.2 Å². The van der Waals surface area contributed by atoms with Crippen LogP contribution in [0.4, 0.5) is 17.5 Å². The van der Waals surface area contributed by atoms with Crippen LogP contribution in [0.15, 0.2) is 24.7 Å². The molecule has 2 atom stereocenters. The number of anilines is 3. The maximum absolute atomic E-state index is 13.1. The Kier molecular flexibility index (Phi) is 5.27. The van der Waals surface area contributed by atoms with Gasteiger partial charge in [0.15, 0.2) is 0 Å². The maximum Gasteiger partial charge on any atom is 0.228 e. The van der Waals surface area contributed by atoms with Gasteiger partial charge in [-0.05, 0) is 38.8 Å². The molecule has 8 nitrogen and oxygen atoms in total. The Labute approximate surface area is 201 Å². The average Bonchev–Trinajstić information content (AvgIpc) is 3.16. The fraction of sp³-hybridized carbons (Fsp3) is 0.577. The largest absolute Gasteiger partial charge is 0.350 e. The summed E-state index contributed by atoms with van der Waals surface area (Å²) in [4.78, 5) is 33.8. The van der Waals surface area contributed by atoms with Crippen molar-refractivity contribution in [2.75, 3.05) is 29.4 Å². The number of piperazine rings is 1. The fourth-order valence-electron chi connectivity index (χ4n) is 5.69. The molecule has 1 spiro atoms. The van der Waals surface area contributed by atoms with E-state index < -0.39 is 5.41 Å². The number of fused-ring (bicyclic) bond motifs is 2. The molecule has 4 heterocycles. The summed E-state index contributed by atoms with van der Waals surface area (Å²) in [6.45, 7) is 12.5. The minimum atomic E-state index is -0.395. The molecule has 8 heteroatoms. The molecule has 2 fully saturated rings. The molecule has 1 saturated heterocycles. The van der Waals surface area contributed by atoms with Gasteiger partial charge in [-0.3, -0.25) is 4.79 Å². The van der Waals surface area contributed by atoms with Crippen molar-refractivity contribution in [2.45, 2.75) is 71.4 Å². The Morgan fingerprint density at radius 2 is 1.85 bits per heavy atom. The maximum atomic E-state index is 13.1. The number of nitrogens with zero attached hydrogens (tertiary/aromatic N) is 7. The van der Waals surface area contributed by atoms with Crippen LogP contribution in [0.25, 0.3) is 0 Å². The van der Waals surface area contributed by atoms with Crippen LogP contribution < -0.4 is 9.80 Å². The number of carbonyl (C=O) groups is 1. The molecule has 0 aromatic carbocycles. The van der Waals surface area contributed by atoms with Crippen LogP contribution >= 0.6 is 0 Å². The summed E-state index contributed by atoms with van der Waals surface area (Å²) in [6.07, 6.45) is 6.73. The number of nitriles is 1. The molecule has 0 N–H and O–H groups in total. The summed E-state index contributed by atoms with van der Waals surface area (Å²) in [5.41, 5.74) is 1.42. The zero-order valence-corrected chi connectivity index (χ0v) is 20.7. The van der Waals surface area contributed by atoms with E-state index in [1.54, 1.807) is 18.6 Å². The summed E-state index contributed by atoms with van der Waals surface area (Å²) in [5.74, 6) is 2.85. The zero-order chi connectivity index (χ0) is 24.3. The summed E-state index contributed by atoms with van der Waals surface area (Å²) < 4.78 is 0. The predicted octanol–water partition coefficient (Wildman–Crippen LogP) is 3.79. The number of aromatic nitrogens is 3. The molecule has 1 aliphatic carbocycles. The first-order valence-corrected chi connectivity index (χ1v) is 12.2. The van der Waals surface area contributed by atoms with Crippen molar-refractivity contribution in [3.63, 3.8) is 0 Å². The van der Waals surface area contributed by atoms with E-state index in [4.69, 9.17) is 9.97 Å². The van der Waals surface area contributed by atoms with Crippen LogP contribution in [-0.2, 0) is 10.2 Å². The van der Waals surface area contributed by atoms with E-state index in [0.717, 1.165) is 43.4 Å². The van der Waals surface area contributed by atoms with Crippen molar-refractivity contribution < 1.29 is 4.79 Å². The van der Waals surface area contributed by atoms with E-state index in [1.807, 2.05) is 31.7 Å². The van der Waals surface area contributed by atoms with Crippen molar-refractivity contribution in [1.29, 1.82) is 5.26 Å². The van der Waals surface area contributed by atoms with E-state index in [1.165, 1.54) is 12.0 Å². The monoisotopic (exact) mass is 459 g/mol. The van der Waals surface area contributed by atoms with Crippen molar-refractivity contribution in [3.8, 4) is 6.07 Å². The van der Waals surface area contributed by atoms with Crippen molar-refractivity contribution in [3.05, 3.63) is 35.8 Å². The Bertz CT molecular complexity index is 1160. The minimum absolute atomic E-state index is 0.0115. The van der Waals surface area contributed by atoms with Crippen LogP contribution in [0.3, 0.4) is 0 Å². The summed E-state index contributed by atoms with van der Waals surface area (Å²) in [6, 6.07) is 6.03. The minimum Gasteiger partial charge on any atom is -0.350 e. The van der Waals surface area contributed by atoms with Gasteiger partial charge >= 0.3 is 0 Å². The molecule has 1 unspecified atom stereocenters. The van der Waals surface area contributed by atoms with Gasteiger partial charge in [-0.2, -0.15) is 5.26 Å². The van der Waals surface area contributed by atoms with Crippen LogP contribution in [-0.4, -0.2) is 57.5 Å². The molecule has 1 amide bonds. The van der Waals surface area contributed by atoms with E-state index >= 15 is 0 Å². The number of hydrogen-bond donors (Lipinski definition) is 0. The molecule has 1 saturated carbocycles. The number of pyridine rings is 1. The van der Waals surface area contributed by atoms with Gasteiger partial charge < -0.3 is 14.7 Å². The Morgan fingerprint density at radius 3 is 2.50 bits per heavy atom. The van der Waals surface area contributed by atoms with E-state index in [9.17, 15) is 10.1 Å². The van der Waals surface area contributed by atoms with Crippen molar-refractivity contribution >= 4 is 23.4 Å². The van der Waals surface area contributed by atoms with Gasteiger partial charge in [-0.15, -0.1) is 0 Å². The number of hydrogen-bond acceptors (Lipinski definition) is 7. The Balaban J connectivity index is 1.52. The van der Waals surface area contributed by atoms with E-state index in [0.29, 0.717) is 12.1 Å². The first kappa shape index (κ1) is 22.6. The van der Waals surface area contributed by atoms with E-state index in [-0.39, 0.29) is 23.4 Å². The second kappa shape index (κ2) is 7.93. The first-order chi connectivity index (χ1) is 16.1. The smallest absolute Gasteiger partial charge is 0.228 e. The third-order valence-corrected chi connectivity index (χ3v) is 7.68. The Hall–Kier alpha value is -3.21. The van der Waals surface area contributed by atoms with Gasteiger partial charge in [-0.25, -0.2) is 15.0 Å². The lowest BCUT2D eigenvalue weighted by Crippen LogP contribution is -2.60. The molecule has 5 rings (SSSR count). The Morgan fingerprint density at radius 1 is 1.12 bits per heavy atom. The van der Waals surface area contributed by atoms with Gasteiger partial charge in [0.1, 0.15) is 23.8 Å². The third-order valence-electron chi connectivity index (χ3n) is 7.68. The predicted molar refractivity (Wildman–Crippen MR) is 131 cm³/mol. The molecule has 2 aliphatic heterocycles. The SMILES string of the molecule is CC1CN(C(=O)C(C)(C)C)[C@@H](C)CN1c1ncnc2c1C1(CCC1)CN2c1cc(C#N)ccn1. The average molecular weight is 460 g/mol. The molecular formula is C26H33N7O. The van der Waals surface area contributed by atoms with Gasteiger partial charge in [0.25, 0.3) is 0 Å². The normalized spacial score (nSPS) is 23.5. The second-order valence-electron chi connectivity index (χ2n) is 11.2. The lowest BCUT2D eigenvalue weighted by Gasteiger charge is -2.48. The molecule has 0 bridgehead atoms. The molecule has 3 aliphatic rings. The second-order valence-corrected chi connectivity index (χ2v) is 11.2. The lowest BCUT2D eigenvalue weighted by atomic mass is 9.66.